The van der Waals surface area contributed by atoms with Gasteiger partial charge < -0.3 is 10.1 Å². The SMILES string of the molecule is CC(=O)c1ccccc1NC(=O)C(C)OC(=O)C1CCN(S(=O)(=O)c2ccc3c(c2)CCC3)CC1. The van der Waals surface area contributed by atoms with Gasteiger partial charge in [-0.25, -0.2) is 8.42 Å². The number of carbonyl (C=O) groups is 3. The van der Waals surface area contributed by atoms with Gasteiger partial charge in [-0.2, -0.15) is 4.31 Å². The molecule has 1 atom stereocenters. The van der Waals surface area contributed by atoms with E-state index in [2.05, 4.69) is 5.32 Å². The summed E-state index contributed by atoms with van der Waals surface area (Å²) >= 11 is 0. The Morgan fingerprint density at radius 1 is 1.03 bits per heavy atom. The fourth-order valence-electron chi connectivity index (χ4n) is 4.65. The van der Waals surface area contributed by atoms with Crippen molar-refractivity contribution >= 4 is 33.4 Å². The van der Waals surface area contributed by atoms with E-state index in [0.29, 0.717) is 29.0 Å². The minimum Gasteiger partial charge on any atom is -0.452 e. The number of nitrogens with one attached hydrogen (secondary N) is 1. The van der Waals surface area contributed by atoms with Gasteiger partial charge in [-0.3, -0.25) is 14.4 Å². The zero-order valence-corrected chi connectivity index (χ0v) is 20.8. The van der Waals surface area contributed by atoms with E-state index in [9.17, 15) is 22.8 Å². The Hall–Kier alpha value is -3.04. The first kappa shape index (κ1) is 25.1. The van der Waals surface area contributed by atoms with Gasteiger partial charge in [0.1, 0.15) is 0 Å². The molecule has 0 radical (unpaired) electrons. The Balaban J connectivity index is 1.32. The smallest absolute Gasteiger partial charge is 0.309 e. The number of benzene rings is 2. The molecular formula is C26H30N2O6S. The summed E-state index contributed by atoms with van der Waals surface area (Å²) in [6, 6.07) is 12.0. The Morgan fingerprint density at radius 2 is 1.71 bits per heavy atom. The number of sulfonamides is 1. The average molecular weight is 499 g/mol. The molecule has 4 rings (SSSR count). The van der Waals surface area contributed by atoms with Gasteiger partial charge in [-0.15, -0.1) is 0 Å². The fraction of sp³-hybridized carbons (Fsp3) is 0.423. The number of nitrogens with zero attached hydrogens (tertiary/aromatic N) is 1. The molecular weight excluding hydrogens is 468 g/mol. The number of ketones is 1. The molecule has 0 spiro atoms. The van der Waals surface area contributed by atoms with Crippen LogP contribution in [0.2, 0.25) is 0 Å². The van der Waals surface area contributed by atoms with Crippen LogP contribution in [0.3, 0.4) is 0 Å². The second-order valence-corrected chi connectivity index (χ2v) is 11.1. The lowest BCUT2D eigenvalue weighted by Gasteiger charge is -2.30. The summed E-state index contributed by atoms with van der Waals surface area (Å²) in [4.78, 5) is 37.3. The summed E-state index contributed by atoms with van der Waals surface area (Å²) in [7, 11) is -3.63. The number of carbonyl (C=O) groups excluding carboxylic acids is 3. The number of hydrogen-bond donors (Lipinski definition) is 1. The lowest BCUT2D eigenvalue weighted by molar-refractivity contribution is -0.158. The molecule has 2 aromatic carbocycles. The molecule has 8 nitrogen and oxygen atoms in total. The fourth-order valence-corrected chi connectivity index (χ4v) is 6.17. The number of rotatable bonds is 7. The van der Waals surface area contributed by atoms with Crippen molar-refractivity contribution in [2.75, 3.05) is 18.4 Å². The summed E-state index contributed by atoms with van der Waals surface area (Å²) in [5.74, 6) is -1.74. The minimum absolute atomic E-state index is 0.188. The number of ether oxygens (including phenoxy) is 1. The summed E-state index contributed by atoms with van der Waals surface area (Å²) in [5.41, 5.74) is 3.05. The first-order valence-corrected chi connectivity index (χ1v) is 13.3. The maximum Gasteiger partial charge on any atom is 0.309 e. The average Bonchev–Trinajstić information content (AvgIpc) is 3.32. The Kier molecular flexibility index (Phi) is 7.37. The minimum atomic E-state index is -3.63. The van der Waals surface area contributed by atoms with E-state index in [-0.39, 0.29) is 18.9 Å². The third-order valence-electron chi connectivity index (χ3n) is 6.72. The first-order valence-electron chi connectivity index (χ1n) is 11.9. The van der Waals surface area contributed by atoms with Crippen LogP contribution in [0.1, 0.15) is 54.6 Å². The molecule has 9 heteroatoms. The van der Waals surface area contributed by atoms with E-state index < -0.39 is 33.9 Å². The molecule has 1 saturated heterocycles. The molecule has 1 aliphatic heterocycles. The molecule has 1 heterocycles. The molecule has 1 fully saturated rings. The van der Waals surface area contributed by atoms with Crippen molar-refractivity contribution in [1.29, 1.82) is 0 Å². The number of anilines is 1. The molecule has 1 amide bonds. The van der Waals surface area contributed by atoms with Crippen LogP contribution in [0.25, 0.3) is 0 Å². The van der Waals surface area contributed by atoms with Crippen LogP contribution < -0.4 is 5.32 Å². The molecule has 2 aliphatic rings. The van der Waals surface area contributed by atoms with Gasteiger partial charge in [-0.1, -0.05) is 18.2 Å². The van der Waals surface area contributed by atoms with E-state index in [0.717, 1.165) is 24.8 Å². The summed E-state index contributed by atoms with van der Waals surface area (Å²) in [6.45, 7) is 3.31. The molecule has 1 unspecified atom stereocenters. The molecule has 1 aliphatic carbocycles. The van der Waals surface area contributed by atoms with E-state index in [4.69, 9.17) is 4.74 Å². The van der Waals surface area contributed by atoms with Gasteiger partial charge in [0.2, 0.25) is 10.0 Å². The van der Waals surface area contributed by atoms with Gasteiger partial charge in [-0.05, 0) is 81.3 Å². The topological polar surface area (TPSA) is 110 Å². The zero-order chi connectivity index (χ0) is 25.2. The standard InChI is InChI=1S/C26H30N2O6S/c1-17(29)23-8-3-4-9-24(23)27-25(30)18(2)34-26(31)20-12-14-28(15-13-20)35(32,33)22-11-10-19-6-5-7-21(19)16-22/h3-4,8-11,16,18,20H,5-7,12-15H2,1-2H3,(H,27,30). The van der Waals surface area contributed by atoms with E-state index in [1.54, 1.807) is 36.4 Å². The van der Waals surface area contributed by atoms with Gasteiger partial charge in [0.25, 0.3) is 5.91 Å². The number of esters is 1. The highest BCUT2D eigenvalue weighted by Gasteiger charge is 2.34. The highest BCUT2D eigenvalue weighted by atomic mass is 32.2. The summed E-state index contributed by atoms with van der Waals surface area (Å²) in [5, 5.41) is 2.64. The number of Topliss-reactive ketones (excluding diaryl/α,β-unsaturated/α-hetero) is 1. The summed E-state index contributed by atoms with van der Waals surface area (Å²) in [6.07, 6.45) is 2.53. The second-order valence-electron chi connectivity index (χ2n) is 9.13. The van der Waals surface area contributed by atoms with Crippen molar-refractivity contribution in [1.82, 2.24) is 4.31 Å². The maximum atomic E-state index is 13.1. The zero-order valence-electron chi connectivity index (χ0n) is 20.0. The van der Waals surface area contributed by atoms with Crippen LogP contribution in [0.4, 0.5) is 5.69 Å². The number of hydrogen-bond acceptors (Lipinski definition) is 6. The van der Waals surface area contributed by atoms with Crippen molar-refractivity contribution < 1.29 is 27.5 Å². The van der Waals surface area contributed by atoms with Crippen molar-refractivity contribution in [2.24, 2.45) is 5.92 Å². The predicted octanol–water partition coefficient (Wildman–Crippen LogP) is 3.35. The predicted molar refractivity (Wildman–Crippen MR) is 131 cm³/mol. The Morgan fingerprint density at radius 3 is 2.43 bits per heavy atom. The third-order valence-corrected chi connectivity index (χ3v) is 8.62. The van der Waals surface area contributed by atoms with Crippen LogP contribution in [0, 0.1) is 5.92 Å². The summed E-state index contributed by atoms with van der Waals surface area (Å²) < 4.78 is 33.0. The van der Waals surface area contributed by atoms with Crippen LogP contribution >= 0.6 is 0 Å². The number of piperidine rings is 1. The van der Waals surface area contributed by atoms with E-state index in [1.807, 2.05) is 6.07 Å². The largest absolute Gasteiger partial charge is 0.452 e. The van der Waals surface area contributed by atoms with Gasteiger partial charge >= 0.3 is 5.97 Å². The first-order chi connectivity index (χ1) is 16.7. The number of para-hydroxylation sites is 1. The van der Waals surface area contributed by atoms with Gasteiger partial charge in [0, 0.05) is 18.7 Å². The van der Waals surface area contributed by atoms with Crippen molar-refractivity contribution in [3.05, 3.63) is 59.2 Å². The van der Waals surface area contributed by atoms with Crippen molar-refractivity contribution in [2.45, 2.75) is 57.0 Å². The lowest BCUT2D eigenvalue weighted by Crippen LogP contribution is -2.41. The van der Waals surface area contributed by atoms with Crippen LogP contribution in [-0.4, -0.2) is 49.6 Å². The third kappa shape index (κ3) is 5.46. The molecule has 0 saturated carbocycles. The van der Waals surface area contributed by atoms with Crippen LogP contribution in [-0.2, 0) is 37.2 Å². The normalized spacial score (nSPS) is 17.4. The number of fused-ring (bicyclic) bond motifs is 1. The van der Waals surface area contributed by atoms with E-state index in [1.165, 1.54) is 23.7 Å². The molecule has 35 heavy (non-hydrogen) atoms. The Bertz CT molecular complexity index is 1250. The highest BCUT2D eigenvalue weighted by Crippen LogP contribution is 2.29. The van der Waals surface area contributed by atoms with E-state index >= 15 is 0 Å². The Labute approximate surface area is 205 Å². The number of amides is 1. The van der Waals surface area contributed by atoms with Gasteiger partial charge in [0.05, 0.1) is 16.5 Å². The molecule has 186 valence electrons. The lowest BCUT2D eigenvalue weighted by atomic mass is 9.98. The van der Waals surface area contributed by atoms with Crippen molar-refractivity contribution in [3.63, 3.8) is 0 Å². The van der Waals surface area contributed by atoms with Crippen LogP contribution in [0.15, 0.2) is 47.4 Å². The molecule has 1 N–H and O–H groups in total. The highest BCUT2D eigenvalue weighted by molar-refractivity contribution is 7.89. The maximum absolute atomic E-state index is 13.1. The van der Waals surface area contributed by atoms with Gasteiger partial charge in [0.15, 0.2) is 11.9 Å². The monoisotopic (exact) mass is 498 g/mol. The van der Waals surface area contributed by atoms with Crippen molar-refractivity contribution in [3.8, 4) is 0 Å². The van der Waals surface area contributed by atoms with Crippen LogP contribution in [0.5, 0.6) is 0 Å². The second kappa shape index (κ2) is 10.3. The molecule has 0 bridgehead atoms. The molecule has 0 aromatic heterocycles. The quantitative estimate of drug-likeness (QED) is 0.463. The molecule has 2 aromatic rings. The number of aryl methyl sites for hydroxylation is 2.